The predicted molar refractivity (Wildman–Crippen MR) is 103 cm³/mol. The highest BCUT2D eigenvalue weighted by Gasteiger charge is 2.44. The Morgan fingerprint density at radius 3 is 2.04 bits per heavy atom. The molecule has 2 aliphatic rings. The van der Waals surface area contributed by atoms with Gasteiger partial charge in [-0.25, -0.2) is 0 Å². The molecule has 4 rings (SSSR count). The van der Waals surface area contributed by atoms with Gasteiger partial charge in [0.2, 0.25) is 5.91 Å². The number of hydrogen-bond acceptors (Lipinski definition) is 4. The third-order valence-corrected chi connectivity index (χ3v) is 5.47. The number of fused-ring (bicyclic) bond motifs is 1. The summed E-state index contributed by atoms with van der Waals surface area (Å²) in [5, 5.41) is 9.74. The first-order valence-corrected chi connectivity index (χ1v) is 9.54. The van der Waals surface area contributed by atoms with E-state index in [1.807, 2.05) is 30.3 Å². The zero-order valence-electron chi connectivity index (χ0n) is 15.5. The van der Waals surface area contributed by atoms with Gasteiger partial charge in [-0.15, -0.1) is 0 Å². The maximum atomic E-state index is 13.3. The molecule has 1 atom stereocenters. The highest BCUT2D eigenvalue weighted by atomic mass is 16.3. The average Bonchev–Trinajstić information content (AvgIpc) is 2.98. The molecule has 2 heterocycles. The molecule has 0 aliphatic carbocycles. The van der Waals surface area contributed by atoms with Crippen LogP contribution in [0.4, 0.5) is 0 Å². The van der Waals surface area contributed by atoms with Gasteiger partial charge in [0.15, 0.2) is 0 Å². The van der Waals surface area contributed by atoms with Crippen LogP contribution in [0.3, 0.4) is 0 Å². The van der Waals surface area contributed by atoms with Crippen LogP contribution >= 0.6 is 0 Å². The fourth-order valence-corrected chi connectivity index (χ4v) is 3.91. The van der Waals surface area contributed by atoms with Crippen molar-refractivity contribution < 1.29 is 19.5 Å². The lowest BCUT2D eigenvalue weighted by Crippen LogP contribution is -2.54. The quantitative estimate of drug-likeness (QED) is 0.824. The molecular formula is C22H22N2O4. The molecule has 1 saturated heterocycles. The predicted octanol–water partition coefficient (Wildman–Crippen LogP) is 1.88. The monoisotopic (exact) mass is 378 g/mol. The molecule has 2 aromatic rings. The van der Waals surface area contributed by atoms with Gasteiger partial charge in [0.05, 0.1) is 17.2 Å². The third kappa shape index (κ3) is 3.31. The Hall–Kier alpha value is -2.99. The van der Waals surface area contributed by atoms with E-state index in [1.54, 1.807) is 29.2 Å². The molecular weight excluding hydrogens is 356 g/mol. The lowest BCUT2D eigenvalue weighted by atomic mass is 10.0. The van der Waals surface area contributed by atoms with E-state index in [9.17, 15) is 19.5 Å². The van der Waals surface area contributed by atoms with E-state index in [1.165, 1.54) is 0 Å². The fraction of sp³-hybridized carbons (Fsp3) is 0.318. The standard InChI is InChI=1S/C22H22N2O4/c25-16-10-12-23(13-11-16)22(28)19(14-15-6-2-1-3-7-15)24-20(26)17-8-4-5-9-18(17)21(24)27/h1-9,16,19,25H,10-14H2/t19-/m1/s1. The van der Waals surface area contributed by atoms with Gasteiger partial charge in [0, 0.05) is 19.5 Å². The number of piperidine rings is 1. The number of carbonyl (C=O) groups is 3. The zero-order valence-corrected chi connectivity index (χ0v) is 15.5. The minimum atomic E-state index is -0.898. The van der Waals surface area contributed by atoms with Gasteiger partial charge in [0.25, 0.3) is 11.8 Å². The van der Waals surface area contributed by atoms with Crippen molar-refractivity contribution in [1.82, 2.24) is 9.80 Å². The molecule has 2 aliphatic heterocycles. The van der Waals surface area contributed by atoms with E-state index in [-0.39, 0.29) is 12.3 Å². The normalized spacial score (nSPS) is 18.3. The van der Waals surface area contributed by atoms with Crippen LogP contribution in [-0.2, 0) is 11.2 Å². The molecule has 0 spiro atoms. The zero-order chi connectivity index (χ0) is 19.7. The van der Waals surface area contributed by atoms with E-state index in [0.717, 1.165) is 10.5 Å². The van der Waals surface area contributed by atoms with E-state index < -0.39 is 24.0 Å². The summed E-state index contributed by atoms with van der Waals surface area (Å²) in [5.74, 6) is -1.09. The first kappa shape index (κ1) is 18.4. The second-order valence-corrected chi connectivity index (χ2v) is 7.29. The van der Waals surface area contributed by atoms with E-state index >= 15 is 0 Å². The molecule has 0 unspecified atom stereocenters. The molecule has 144 valence electrons. The Labute approximate surface area is 163 Å². The third-order valence-electron chi connectivity index (χ3n) is 5.47. The van der Waals surface area contributed by atoms with Gasteiger partial charge >= 0.3 is 0 Å². The number of hydrogen-bond donors (Lipinski definition) is 1. The topological polar surface area (TPSA) is 77.9 Å². The maximum absolute atomic E-state index is 13.3. The number of likely N-dealkylation sites (tertiary alicyclic amines) is 1. The lowest BCUT2D eigenvalue weighted by Gasteiger charge is -2.35. The largest absolute Gasteiger partial charge is 0.393 e. The highest BCUT2D eigenvalue weighted by molar-refractivity contribution is 6.22. The SMILES string of the molecule is O=C([C@@H](Cc1ccccc1)N1C(=O)c2ccccc2C1=O)N1CCC(O)CC1. The summed E-state index contributed by atoms with van der Waals surface area (Å²) in [6.07, 6.45) is 0.873. The number of nitrogens with zero attached hydrogens (tertiary/aromatic N) is 2. The minimum absolute atomic E-state index is 0.245. The van der Waals surface area contributed by atoms with Crippen molar-refractivity contribution in [2.24, 2.45) is 0 Å². The molecule has 3 amide bonds. The molecule has 1 fully saturated rings. The first-order valence-electron chi connectivity index (χ1n) is 9.54. The molecule has 1 N–H and O–H groups in total. The number of carbonyl (C=O) groups excluding carboxylic acids is 3. The fourth-order valence-electron chi connectivity index (χ4n) is 3.91. The second kappa shape index (κ2) is 7.56. The number of imide groups is 1. The van der Waals surface area contributed by atoms with Crippen LogP contribution in [0.5, 0.6) is 0 Å². The van der Waals surface area contributed by atoms with Crippen LogP contribution < -0.4 is 0 Å². The van der Waals surface area contributed by atoms with Crippen LogP contribution in [0, 0.1) is 0 Å². The summed E-state index contributed by atoms with van der Waals surface area (Å²) in [6, 6.07) is 15.2. The van der Waals surface area contributed by atoms with Crippen LogP contribution in [0.2, 0.25) is 0 Å². The van der Waals surface area contributed by atoms with Gasteiger partial charge in [-0.1, -0.05) is 42.5 Å². The van der Waals surface area contributed by atoms with Crippen molar-refractivity contribution in [2.45, 2.75) is 31.4 Å². The molecule has 0 aromatic heterocycles. The second-order valence-electron chi connectivity index (χ2n) is 7.29. The van der Waals surface area contributed by atoms with Crippen molar-refractivity contribution in [3.05, 3.63) is 71.3 Å². The molecule has 2 aromatic carbocycles. The van der Waals surface area contributed by atoms with Gasteiger partial charge in [-0.05, 0) is 30.5 Å². The molecule has 6 heteroatoms. The molecule has 0 saturated carbocycles. The average molecular weight is 378 g/mol. The van der Waals surface area contributed by atoms with Crippen LogP contribution in [0.1, 0.15) is 39.1 Å². The summed E-state index contributed by atoms with van der Waals surface area (Å²) >= 11 is 0. The molecule has 6 nitrogen and oxygen atoms in total. The Morgan fingerprint density at radius 1 is 0.929 bits per heavy atom. The first-order chi connectivity index (χ1) is 13.6. The summed E-state index contributed by atoms with van der Waals surface area (Å²) in [7, 11) is 0. The number of aliphatic hydroxyl groups excluding tert-OH is 1. The summed E-state index contributed by atoms with van der Waals surface area (Å²) in [4.78, 5) is 42.1. The van der Waals surface area contributed by atoms with E-state index in [4.69, 9.17) is 0 Å². The maximum Gasteiger partial charge on any atom is 0.262 e. The number of benzene rings is 2. The number of amides is 3. The number of rotatable bonds is 4. The number of aliphatic hydroxyl groups is 1. The lowest BCUT2D eigenvalue weighted by molar-refractivity contribution is -0.137. The Balaban J connectivity index is 1.66. The van der Waals surface area contributed by atoms with Crippen LogP contribution in [0.15, 0.2) is 54.6 Å². The van der Waals surface area contributed by atoms with Crippen molar-refractivity contribution in [1.29, 1.82) is 0 Å². The van der Waals surface area contributed by atoms with Crippen molar-refractivity contribution >= 4 is 17.7 Å². The summed E-state index contributed by atoms with van der Waals surface area (Å²) < 4.78 is 0. The van der Waals surface area contributed by atoms with Gasteiger partial charge in [-0.3, -0.25) is 19.3 Å². The summed E-state index contributed by atoms with van der Waals surface area (Å²) in [5.41, 5.74) is 1.56. The highest BCUT2D eigenvalue weighted by Crippen LogP contribution is 2.27. The van der Waals surface area contributed by atoms with Gasteiger partial charge < -0.3 is 10.0 Å². The molecule has 0 radical (unpaired) electrons. The molecule has 0 bridgehead atoms. The Kier molecular flexibility index (Phi) is 4.96. The Bertz CT molecular complexity index is 869. The van der Waals surface area contributed by atoms with Crippen molar-refractivity contribution in [3.8, 4) is 0 Å². The van der Waals surface area contributed by atoms with Gasteiger partial charge in [0.1, 0.15) is 6.04 Å². The molecule has 28 heavy (non-hydrogen) atoms. The van der Waals surface area contributed by atoms with Crippen LogP contribution in [-0.4, -0.2) is 57.9 Å². The van der Waals surface area contributed by atoms with Crippen LogP contribution in [0.25, 0.3) is 0 Å². The van der Waals surface area contributed by atoms with E-state index in [0.29, 0.717) is 37.1 Å². The smallest absolute Gasteiger partial charge is 0.262 e. The minimum Gasteiger partial charge on any atom is -0.393 e. The Morgan fingerprint density at radius 2 is 1.46 bits per heavy atom. The van der Waals surface area contributed by atoms with Crippen molar-refractivity contribution in [2.75, 3.05) is 13.1 Å². The summed E-state index contributed by atoms with van der Waals surface area (Å²) in [6.45, 7) is 0.850. The van der Waals surface area contributed by atoms with Gasteiger partial charge in [-0.2, -0.15) is 0 Å². The van der Waals surface area contributed by atoms with E-state index in [2.05, 4.69) is 0 Å². The van der Waals surface area contributed by atoms with Crippen molar-refractivity contribution in [3.63, 3.8) is 0 Å².